The number of rotatable bonds is 2. The van der Waals surface area contributed by atoms with Gasteiger partial charge in [-0.05, 0) is 36.8 Å². The number of para-hydroxylation sites is 1. The van der Waals surface area contributed by atoms with Gasteiger partial charge in [-0.1, -0.05) is 18.2 Å². The fourth-order valence-electron chi connectivity index (χ4n) is 3.24. The van der Waals surface area contributed by atoms with E-state index in [4.69, 9.17) is 10.7 Å². The summed E-state index contributed by atoms with van der Waals surface area (Å²) < 4.78 is 0. The highest BCUT2D eigenvalue weighted by Crippen LogP contribution is 2.53. The minimum Gasteiger partial charge on any atom is -0.366 e. The number of nitrogens with two attached hydrogens (primary N) is 1. The zero-order chi connectivity index (χ0) is 13.7. The van der Waals surface area contributed by atoms with Crippen LogP contribution in [0.4, 0.5) is 5.82 Å². The van der Waals surface area contributed by atoms with E-state index in [1.165, 1.54) is 19.3 Å². The largest absolute Gasteiger partial charge is 0.366 e. The summed E-state index contributed by atoms with van der Waals surface area (Å²) in [6.45, 7) is 2.10. The molecule has 4 rings (SSSR count). The minimum absolute atomic E-state index is 0.384. The highest BCUT2D eigenvalue weighted by molar-refractivity contribution is 6.06. The Morgan fingerprint density at radius 3 is 2.75 bits per heavy atom. The molecule has 1 aliphatic carbocycles. The van der Waals surface area contributed by atoms with Crippen LogP contribution in [0.3, 0.4) is 0 Å². The molecule has 20 heavy (non-hydrogen) atoms. The summed E-state index contributed by atoms with van der Waals surface area (Å²) in [5.74, 6) is 0.506. The molecule has 0 atom stereocenters. The molecule has 2 aromatic rings. The molecular weight excluding hydrogens is 250 g/mol. The Kier molecular flexibility index (Phi) is 2.31. The van der Waals surface area contributed by atoms with Crippen LogP contribution in [0.25, 0.3) is 10.9 Å². The number of fused-ring (bicyclic) bond motifs is 1. The minimum atomic E-state index is -0.384. The van der Waals surface area contributed by atoms with Crippen molar-refractivity contribution in [2.24, 2.45) is 11.1 Å². The Morgan fingerprint density at radius 1 is 1.25 bits per heavy atom. The maximum absolute atomic E-state index is 11.7. The second-order valence-electron chi connectivity index (χ2n) is 6.08. The van der Waals surface area contributed by atoms with Crippen LogP contribution in [0, 0.1) is 5.41 Å². The molecule has 0 bridgehead atoms. The summed E-state index contributed by atoms with van der Waals surface area (Å²) in [5, 5.41) is 0.837. The average molecular weight is 267 g/mol. The first-order chi connectivity index (χ1) is 9.67. The normalized spacial score (nSPS) is 19.7. The van der Waals surface area contributed by atoms with Crippen LogP contribution in [0.1, 0.15) is 29.6 Å². The van der Waals surface area contributed by atoms with Crippen molar-refractivity contribution in [3.05, 3.63) is 35.9 Å². The molecule has 102 valence electrons. The summed E-state index contributed by atoms with van der Waals surface area (Å²) in [4.78, 5) is 18.7. The molecule has 4 heteroatoms. The van der Waals surface area contributed by atoms with E-state index in [-0.39, 0.29) is 5.91 Å². The molecule has 2 fully saturated rings. The standard InChI is InChI=1S/C16H17N3O/c17-15(20)12-9-14(18-13-4-2-1-3-11(12)13)19-8-7-16(10-19)5-6-16/h1-4,9H,5-8,10H2,(H2,17,20). The van der Waals surface area contributed by atoms with Gasteiger partial charge in [-0.3, -0.25) is 4.79 Å². The third-order valence-corrected chi connectivity index (χ3v) is 4.69. The van der Waals surface area contributed by atoms with Gasteiger partial charge in [0.1, 0.15) is 5.82 Å². The molecule has 1 amide bonds. The summed E-state index contributed by atoms with van der Waals surface area (Å²) in [6.07, 6.45) is 3.91. The number of carbonyl (C=O) groups is 1. The molecule has 4 nitrogen and oxygen atoms in total. The van der Waals surface area contributed by atoms with Crippen molar-refractivity contribution in [2.45, 2.75) is 19.3 Å². The summed E-state index contributed by atoms with van der Waals surface area (Å²) in [6, 6.07) is 9.54. The SMILES string of the molecule is NC(=O)c1cc(N2CCC3(CC3)C2)nc2ccccc12. The molecule has 2 aliphatic rings. The van der Waals surface area contributed by atoms with E-state index < -0.39 is 0 Å². The van der Waals surface area contributed by atoms with Crippen molar-refractivity contribution in [1.29, 1.82) is 0 Å². The van der Waals surface area contributed by atoms with Crippen LogP contribution in [-0.2, 0) is 0 Å². The fraction of sp³-hybridized carbons (Fsp3) is 0.375. The maximum Gasteiger partial charge on any atom is 0.249 e. The lowest BCUT2D eigenvalue weighted by Crippen LogP contribution is -2.22. The number of carbonyl (C=O) groups excluding carboxylic acids is 1. The first kappa shape index (κ1) is 11.7. The van der Waals surface area contributed by atoms with Gasteiger partial charge in [0, 0.05) is 18.5 Å². The van der Waals surface area contributed by atoms with E-state index in [0.717, 1.165) is 29.8 Å². The Hall–Kier alpha value is -2.10. The monoisotopic (exact) mass is 267 g/mol. The van der Waals surface area contributed by atoms with Crippen LogP contribution in [0.15, 0.2) is 30.3 Å². The molecule has 1 aliphatic heterocycles. The van der Waals surface area contributed by atoms with Crippen molar-refractivity contribution in [2.75, 3.05) is 18.0 Å². The predicted molar refractivity (Wildman–Crippen MR) is 78.8 cm³/mol. The average Bonchev–Trinajstić information content (AvgIpc) is 3.07. The van der Waals surface area contributed by atoms with Crippen LogP contribution in [0.5, 0.6) is 0 Å². The number of nitrogens with zero attached hydrogens (tertiary/aromatic N) is 2. The highest BCUT2D eigenvalue weighted by Gasteiger charge is 2.48. The van der Waals surface area contributed by atoms with E-state index in [1.807, 2.05) is 30.3 Å². The van der Waals surface area contributed by atoms with Crippen molar-refractivity contribution < 1.29 is 4.79 Å². The van der Waals surface area contributed by atoms with E-state index >= 15 is 0 Å². The number of aromatic nitrogens is 1. The molecule has 1 spiro atoms. The molecular formula is C16H17N3O. The van der Waals surface area contributed by atoms with Crippen LogP contribution < -0.4 is 10.6 Å². The Labute approximate surface area is 117 Å². The van der Waals surface area contributed by atoms with E-state index in [1.54, 1.807) is 0 Å². The molecule has 1 saturated heterocycles. The van der Waals surface area contributed by atoms with Crippen molar-refractivity contribution >= 4 is 22.6 Å². The second kappa shape index (κ2) is 3.95. The number of amides is 1. The Balaban J connectivity index is 1.82. The lowest BCUT2D eigenvalue weighted by Gasteiger charge is -2.19. The zero-order valence-electron chi connectivity index (χ0n) is 11.3. The Bertz CT molecular complexity index is 706. The topological polar surface area (TPSA) is 59.2 Å². The third-order valence-electron chi connectivity index (χ3n) is 4.69. The molecule has 1 aromatic heterocycles. The number of pyridine rings is 1. The van der Waals surface area contributed by atoms with Crippen LogP contribution in [0.2, 0.25) is 0 Å². The molecule has 1 saturated carbocycles. The summed E-state index contributed by atoms with van der Waals surface area (Å²) in [7, 11) is 0. The maximum atomic E-state index is 11.7. The third kappa shape index (κ3) is 1.75. The van der Waals surface area contributed by atoms with E-state index in [2.05, 4.69) is 4.90 Å². The van der Waals surface area contributed by atoms with Crippen LogP contribution >= 0.6 is 0 Å². The van der Waals surface area contributed by atoms with Gasteiger partial charge in [0.05, 0.1) is 11.1 Å². The van der Waals surface area contributed by atoms with Gasteiger partial charge in [-0.15, -0.1) is 0 Å². The lowest BCUT2D eigenvalue weighted by atomic mass is 10.1. The van der Waals surface area contributed by atoms with Crippen molar-refractivity contribution in [1.82, 2.24) is 4.98 Å². The van der Waals surface area contributed by atoms with Gasteiger partial charge >= 0.3 is 0 Å². The van der Waals surface area contributed by atoms with Crippen LogP contribution in [-0.4, -0.2) is 24.0 Å². The van der Waals surface area contributed by atoms with Gasteiger partial charge < -0.3 is 10.6 Å². The molecule has 1 aromatic carbocycles. The van der Waals surface area contributed by atoms with Gasteiger partial charge in [0.15, 0.2) is 0 Å². The van der Waals surface area contributed by atoms with Crippen molar-refractivity contribution in [3.63, 3.8) is 0 Å². The van der Waals surface area contributed by atoms with Crippen molar-refractivity contribution in [3.8, 4) is 0 Å². The number of anilines is 1. The van der Waals surface area contributed by atoms with Gasteiger partial charge in [-0.25, -0.2) is 4.98 Å². The number of benzene rings is 1. The number of primary amides is 1. The van der Waals surface area contributed by atoms with Gasteiger partial charge in [0.2, 0.25) is 5.91 Å². The highest BCUT2D eigenvalue weighted by atomic mass is 16.1. The number of hydrogen-bond donors (Lipinski definition) is 1. The molecule has 2 heterocycles. The number of hydrogen-bond acceptors (Lipinski definition) is 3. The second-order valence-corrected chi connectivity index (χ2v) is 6.08. The fourth-order valence-corrected chi connectivity index (χ4v) is 3.24. The lowest BCUT2D eigenvalue weighted by molar-refractivity contribution is 0.100. The molecule has 0 radical (unpaired) electrons. The van der Waals surface area contributed by atoms with Gasteiger partial charge in [0.25, 0.3) is 0 Å². The van der Waals surface area contributed by atoms with Gasteiger partial charge in [-0.2, -0.15) is 0 Å². The quantitative estimate of drug-likeness (QED) is 0.908. The first-order valence-electron chi connectivity index (χ1n) is 7.11. The smallest absolute Gasteiger partial charge is 0.249 e. The summed E-state index contributed by atoms with van der Waals surface area (Å²) in [5.41, 5.74) is 7.48. The van der Waals surface area contributed by atoms with E-state index in [9.17, 15) is 4.79 Å². The molecule has 2 N–H and O–H groups in total. The zero-order valence-corrected chi connectivity index (χ0v) is 11.3. The summed E-state index contributed by atoms with van der Waals surface area (Å²) >= 11 is 0. The van der Waals surface area contributed by atoms with E-state index in [0.29, 0.717) is 11.0 Å². The molecule has 0 unspecified atom stereocenters. The predicted octanol–water partition coefficient (Wildman–Crippen LogP) is 2.32. The Morgan fingerprint density at radius 2 is 2.05 bits per heavy atom. The first-order valence-corrected chi connectivity index (χ1v) is 7.11.